The number of thiophene rings is 1. The number of nitrogens with one attached hydrogen (secondary N) is 1. The van der Waals surface area contributed by atoms with Crippen LogP contribution in [0.3, 0.4) is 0 Å². The topological polar surface area (TPSA) is 12.0 Å². The molecule has 1 aromatic heterocycles. The van der Waals surface area contributed by atoms with Crippen molar-refractivity contribution in [2.24, 2.45) is 0 Å². The highest BCUT2D eigenvalue weighted by atomic mass is 35.5. The molecule has 0 amide bonds. The predicted octanol–water partition coefficient (Wildman–Crippen LogP) is 4.64. The van der Waals surface area contributed by atoms with Crippen LogP contribution in [0.15, 0.2) is 24.3 Å². The molecule has 0 aliphatic rings. The molecule has 18 heavy (non-hydrogen) atoms. The maximum absolute atomic E-state index is 6.38. The van der Waals surface area contributed by atoms with Crippen LogP contribution in [0.25, 0.3) is 0 Å². The van der Waals surface area contributed by atoms with Crippen LogP contribution < -0.4 is 5.32 Å². The third kappa shape index (κ3) is 2.61. The molecule has 0 spiro atoms. The van der Waals surface area contributed by atoms with Crippen molar-refractivity contribution in [1.29, 1.82) is 0 Å². The molecule has 1 aromatic carbocycles. The Morgan fingerprint density at radius 3 is 2.33 bits per heavy atom. The van der Waals surface area contributed by atoms with E-state index in [9.17, 15) is 0 Å². The summed E-state index contributed by atoms with van der Waals surface area (Å²) >= 11 is 8.21. The van der Waals surface area contributed by atoms with Crippen molar-refractivity contribution >= 4 is 22.9 Å². The molecule has 0 saturated carbocycles. The Labute approximate surface area is 118 Å². The Balaban J connectivity index is 2.48. The van der Waals surface area contributed by atoms with E-state index in [2.05, 4.69) is 44.3 Å². The molecule has 96 valence electrons. The smallest absolute Gasteiger partial charge is 0.0600 e. The van der Waals surface area contributed by atoms with Crippen molar-refractivity contribution in [3.8, 4) is 0 Å². The largest absolute Gasteiger partial charge is 0.309 e. The van der Waals surface area contributed by atoms with Crippen molar-refractivity contribution in [3.05, 3.63) is 55.7 Å². The van der Waals surface area contributed by atoms with Gasteiger partial charge in [-0.05, 0) is 56.6 Å². The first kappa shape index (κ1) is 13.6. The van der Waals surface area contributed by atoms with Gasteiger partial charge in [0.05, 0.1) is 6.04 Å². The van der Waals surface area contributed by atoms with E-state index in [1.807, 2.05) is 24.5 Å². The molecule has 1 atom stereocenters. The number of aryl methyl sites for hydroxylation is 3. The molecule has 0 fully saturated rings. The first-order valence-corrected chi connectivity index (χ1v) is 7.22. The quantitative estimate of drug-likeness (QED) is 0.863. The van der Waals surface area contributed by atoms with Crippen LogP contribution in [0, 0.1) is 20.8 Å². The van der Waals surface area contributed by atoms with Gasteiger partial charge in [0.25, 0.3) is 0 Å². The first-order valence-electron chi connectivity index (χ1n) is 6.03. The van der Waals surface area contributed by atoms with E-state index in [1.165, 1.54) is 20.9 Å². The van der Waals surface area contributed by atoms with Gasteiger partial charge in [0.15, 0.2) is 0 Å². The van der Waals surface area contributed by atoms with Gasteiger partial charge in [0.1, 0.15) is 0 Å². The van der Waals surface area contributed by atoms with Crippen LogP contribution >= 0.6 is 22.9 Å². The summed E-state index contributed by atoms with van der Waals surface area (Å²) in [6.07, 6.45) is 0. The summed E-state index contributed by atoms with van der Waals surface area (Å²) in [5.74, 6) is 0. The lowest BCUT2D eigenvalue weighted by atomic mass is 9.98. The zero-order chi connectivity index (χ0) is 13.3. The van der Waals surface area contributed by atoms with E-state index < -0.39 is 0 Å². The lowest BCUT2D eigenvalue weighted by Gasteiger charge is -2.18. The average Bonchev–Trinajstić information content (AvgIpc) is 2.62. The number of hydrogen-bond donors (Lipinski definition) is 1. The van der Waals surface area contributed by atoms with Gasteiger partial charge in [-0.15, -0.1) is 11.3 Å². The second-order valence-electron chi connectivity index (χ2n) is 4.62. The van der Waals surface area contributed by atoms with Crippen molar-refractivity contribution < 1.29 is 0 Å². The van der Waals surface area contributed by atoms with Crippen LogP contribution in [0.4, 0.5) is 0 Å². The van der Waals surface area contributed by atoms with Gasteiger partial charge in [-0.1, -0.05) is 23.7 Å². The molecule has 2 aromatic rings. The molecule has 0 aliphatic carbocycles. The molecule has 0 radical (unpaired) electrons. The normalized spacial score (nSPS) is 12.7. The fourth-order valence-corrected chi connectivity index (χ4v) is 3.59. The molecule has 0 bridgehead atoms. The zero-order valence-electron chi connectivity index (χ0n) is 11.2. The highest BCUT2D eigenvalue weighted by Gasteiger charge is 2.18. The minimum Gasteiger partial charge on any atom is -0.309 e. The van der Waals surface area contributed by atoms with Crippen molar-refractivity contribution in [3.63, 3.8) is 0 Å². The van der Waals surface area contributed by atoms with Crippen molar-refractivity contribution in [1.82, 2.24) is 5.32 Å². The minimum absolute atomic E-state index is 0.169. The van der Waals surface area contributed by atoms with Crippen LogP contribution in [-0.2, 0) is 0 Å². The Kier molecular flexibility index (Phi) is 4.10. The van der Waals surface area contributed by atoms with Gasteiger partial charge in [-0.25, -0.2) is 0 Å². The Morgan fingerprint density at radius 1 is 1.11 bits per heavy atom. The summed E-state index contributed by atoms with van der Waals surface area (Å²) in [6.45, 7) is 6.37. The van der Waals surface area contributed by atoms with Crippen LogP contribution in [0.5, 0.6) is 0 Å². The van der Waals surface area contributed by atoms with E-state index in [1.54, 1.807) is 0 Å². The maximum atomic E-state index is 6.38. The summed E-state index contributed by atoms with van der Waals surface area (Å²) in [7, 11) is 1.98. The fraction of sp³-hybridized carbons (Fsp3) is 0.333. The van der Waals surface area contributed by atoms with Gasteiger partial charge < -0.3 is 5.32 Å². The van der Waals surface area contributed by atoms with Crippen LogP contribution in [0.2, 0.25) is 5.02 Å². The van der Waals surface area contributed by atoms with Gasteiger partial charge in [-0.3, -0.25) is 0 Å². The maximum Gasteiger partial charge on any atom is 0.0600 e. The van der Waals surface area contributed by atoms with Gasteiger partial charge in [0.2, 0.25) is 0 Å². The van der Waals surface area contributed by atoms with Gasteiger partial charge in [-0.2, -0.15) is 0 Å². The van der Waals surface area contributed by atoms with Crippen LogP contribution in [-0.4, -0.2) is 7.05 Å². The number of benzene rings is 1. The first-order chi connectivity index (χ1) is 8.52. The standard InChI is InChI=1S/C15H18ClNS/c1-9-5-6-12(14(16)7-9)15(17-4)13-8-10(2)18-11(13)3/h5-8,15,17H,1-4H3. The predicted molar refractivity (Wildman–Crippen MR) is 80.9 cm³/mol. The highest BCUT2D eigenvalue weighted by molar-refractivity contribution is 7.12. The summed E-state index contributed by atoms with van der Waals surface area (Å²) in [4.78, 5) is 2.69. The molecule has 1 nitrogen and oxygen atoms in total. The Bertz CT molecular complexity index is 560. The third-order valence-corrected chi connectivity index (χ3v) is 4.46. The summed E-state index contributed by atoms with van der Waals surface area (Å²) in [5.41, 5.74) is 3.66. The monoisotopic (exact) mass is 279 g/mol. The van der Waals surface area contributed by atoms with Crippen molar-refractivity contribution in [2.75, 3.05) is 7.05 Å². The van der Waals surface area contributed by atoms with E-state index in [0.29, 0.717) is 0 Å². The molecular formula is C15H18ClNS. The third-order valence-electron chi connectivity index (χ3n) is 3.15. The molecule has 1 unspecified atom stereocenters. The van der Waals surface area contributed by atoms with E-state index in [-0.39, 0.29) is 6.04 Å². The number of rotatable bonds is 3. The second kappa shape index (κ2) is 5.43. The summed E-state index contributed by atoms with van der Waals surface area (Å²) in [6, 6.07) is 8.67. The van der Waals surface area contributed by atoms with E-state index in [0.717, 1.165) is 10.6 Å². The molecule has 3 heteroatoms. The summed E-state index contributed by atoms with van der Waals surface area (Å²) < 4.78 is 0. The average molecular weight is 280 g/mol. The Hall–Kier alpha value is -0.830. The van der Waals surface area contributed by atoms with Crippen molar-refractivity contribution in [2.45, 2.75) is 26.8 Å². The molecule has 0 aliphatic heterocycles. The lowest BCUT2D eigenvalue weighted by Crippen LogP contribution is -2.18. The summed E-state index contributed by atoms with van der Waals surface area (Å²) in [5, 5.41) is 4.20. The molecule has 1 N–H and O–H groups in total. The molecular weight excluding hydrogens is 262 g/mol. The molecule has 1 heterocycles. The second-order valence-corrected chi connectivity index (χ2v) is 6.48. The van der Waals surface area contributed by atoms with E-state index >= 15 is 0 Å². The number of hydrogen-bond acceptors (Lipinski definition) is 2. The minimum atomic E-state index is 0.169. The van der Waals surface area contributed by atoms with Crippen LogP contribution in [0.1, 0.15) is 32.5 Å². The SMILES string of the molecule is CNC(c1ccc(C)cc1Cl)c1cc(C)sc1C. The molecule has 0 saturated heterocycles. The number of halogens is 1. The van der Waals surface area contributed by atoms with E-state index in [4.69, 9.17) is 11.6 Å². The highest BCUT2D eigenvalue weighted by Crippen LogP contribution is 2.33. The lowest BCUT2D eigenvalue weighted by molar-refractivity contribution is 0.690. The fourth-order valence-electron chi connectivity index (χ4n) is 2.28. The Morgan fingerprint density at radius 2 is 1.83 bits per heavy atom. The van der Waals surface area contributed by atoms with Gasteiger partial charge in [0, 0.05) is 14.8 Å². The molecule has 2 rings (SSSR count). The van der Waals surface area contributed by atoms with Gasteiger partial charge >= 0.3 is 0 Å². The zero-order valence-corrected chi connectivity index (χ0v) is 12.7.